The van der Waals surface area contributed by atoms with Crippen molar-refractivity contribution >= 4 is 11.8 Å². The van der Waals surface area contributed by atoms with E-state index in [1.165, 1.54) is 31.9 Å². The molecule has 6 nitrogen and oxygen atoms in total. The zero-order chi connectivity index (χ0) is 18.9. The number of aromatic nitrogens is 1. The number of halogens is 3. The van der Waals surface area contributed by atoms with Crippen LogP contribution in [0.4, 0.5) is 13.2 Å². The van der Waals surface area contributed by atoms with Crippen LogP contribution >= 0.6 is 0 Å². The molecule has 140 valence electrons. The van der Waals surface area contributed by atoms with Crippen molar-refractivity contribution in [2.45, 2.75) is 45.1 Å². The van der Waals surface area contributed by atoms with Crippen molar-refractivity contribution in [3.63, 3.8) is 0 Å². The summed E-state index contributed by atoms with van der Waals surface area (Å²) in [5.74, 6) is -0.948. The van der Waals surface area contributed by atoms with Gasteiger partial charge in [-0.1, -0.05) is 0 Å². The van der Waals surface area contributed by atoms with Gasteiger partial charge in [-0.2, -0.15) is 13.2 Å². The van der Waals surface area contributed by atoms with Gasteiger partial charge in [-0.3, -0.25) is 14.5 Å². The largest absolute Gasteiger partial charge is 0.468 e. The van der Waals surface area contributed by atoms with Crippen LogP contribution in [0.25, 0.3) is 0 Å². The highest BCUT2D eigenvalue weighted by atomic mass is 19.4. The molecule has 0 aliphatic carbocycles. The van der Waals surface area contributed by atoms with Crippen LogP contribution in [-0.2, 0) is 16.1 Å². The lowest BCUT2D eigenvalue weighted by molar-refractivity contribution is -0.145. The minimum atomic E-state index is -4.39. The third kappa shape index (κ3) is 4.40. The number of carbonyl (C=O) groups excluding carboxylic acids is 2. The van der Waals surface area contributed by atoms with Crippen LogP contribution in [0.1, 0.15) is 28.2 Å². The molecule has 0 amide bonds. The molecular weight excluding hydrogens is 341 g/mol. The number of ketones is 1. The van der Waals surface area contributed by atoms with Crippen LogP contribution in [0.15, 0.2) is 6.07 Å². The van der Waals surface area contributed by atoms with Gasteiger partial charge in [0.1, 0.15) is 12.6 Å². The molecule has 25 heavy (non-hydrogen) atoms. The maximum absolute atomic E-state index is 12.7. The minimum absolute atomic E-state index is 0.132. The first-order valence-electron chi connectivity index (χ1n) is 7.80. The maximum atomic E-state index is 12.7. The number of carbonyl (C=O) groups is 2. The fraction of sp³-hybridized carbons (Fsp3) is 0.625. The Morgan fingerprint density at radius 1 is 1.36 bits per heavy atom. The molecule has 9 heteroatoms. The van der Waals surface area contributed by atoms with Crippen molar-refractivity contribution in [2.24, 2.45) is 0 Å². The fourth-order valence-electron chi connectivity index (χ4n) is 3.21. The molecule has 2 rings (SSSR count). The van der Waals surface area contributed by atoms with E-state index in [0.29, 0.717) is 5.69 Å². The molecule has 1 aliphatic heterocycles. The van der Waals surface area contributed by atoms with Gasteiger partial charge in [0, 0.05) is 29.9 Å². The molecule has 0 bridgehead atoms. The summed E-state index contributed by atoms with van der Waals surface area (Å²) in [7, 11) is 1.22. The highest BCUT2D eigenvalue weighted by Gasteiger charge is 2.38. The molecule has 0 radical (unpaired) electrons. The normalized spacial score (nSPS) is 21.6. The van der Waals surface area contributed by atoms with Crippen LogP contribution in [0.3, 0.4) is 0 Å². The first-order chi connectivity index (χ1) is 11.5. The Hall–Kier alpha value is -1.87. The number of Topliss-reactive ketones (excluding diaryl/α,β-unsaturated/α-hetero) is 1. The molecule has 0 unspecified atom stereocenters. The number of aliphatic hydroxyl groups excluding tert-OH is 1. The molecule has 0 spiro atoms. The van der Waals surface area contributed by atoms with E-state index >= 15 is 0 Å². The van der Waals surface area contributed by atoms with Crippen LogP contribution in [0.2, 0.25) is 0 Å². The summed E-state index contributed by atoms with van der Waals surface area (Å²) >= 11 is 0. The number of β-amino-alcohol motifs (C(OH)–C–C–N with tert-alkyl or cyclic N) is 1. The Kier molecular flexibility index (Phi) is 5.58. The third-order valence-corrected chi connectivity index (χ3v) is 4.41. The topological polar surface area (TPSA) is 71.8 Å². The van der Waals surface area contributed by atoms with Crippen molar-refractivity contribution in [3.8, 4) is 0 Å². The van der Waals surface area contributed by atoms with Gasteiger partial charge >= 0.3 is 12.1 Å². The number of hydrogen-bond acceptors (Lipinski definition) is 5. The fourth-order valence-corrected chi connectivity index (χ4v) is 3.21. The summed E-state index contributed by atoms with van der Waals surface area (Å²) in [5.41, 5.74) is 0.755. The van der Waals surface area contributed by atoms with Crippen molar-refractivity contribution in [1.82, 2.24) is 9.47 Å². The Morgan fingerprint density at radius 2 is 2.00 bits per heavy atom. The smallest absolute Gasteiger partial charge is 0.406 e. The van der Waals surface area contributed by atoms with Gasteiger partial charge in [-0.25, -0.2) is 0 Å². The molecule has 1 N–H and O–H groups in total. The van der Waals surface area contributed by atoms with Gasteiger partial charge in [-0.05, 0) is 19.9 Å². The van der Waals surface area contributed by atoms with Crippen LogP contribution in [-0.4, -0.2) is 64.8 Å². The summed E-state index contributed by atoms with van der Waals surface area (Å²) in [6, 6.07) is 0.686. The summed E-state index contributed by atoms with van der Waals surface area (Å²) in [6.45, 7) is 1.76. The van der Waals surface area contributed by atoms with Crippen molar-refractivity contribution in [2.75, 3.05) is 20.2 Å². The predicted molar refractivity (Wildman–Crippen MR) is 82.3 cm³/mol. The Bertz CT molecular complexity index is 669. The lowest BCUT2D eigenvalue weighted by Gasteiger charge is -2.21. The third-order valence-electron chi connectivity index (χ3n) is 4.41. The van der Waals surface area contributed by atoms with E-state index in [-0.39, 0.29) is 30.8 Å². The molecule has 1 saturated heterocycles. The van der Waals surface area contributed by atoms with Crippen LogP contribution in [0, 0.1) is 13.8 Å². The molecule has 1 aromatic heterocycles. The molecule has 2 atom stereocenters. The second-order valence-corrected chi connectivity index (χ2v) is 6.27. The highest BCUT2D eigenvalue weighted by Crippen LogP contribution is 2.25. The van der Waals surface area contributed by atoms with E-state index in [9.17, 15) is 27.9 Å². The Labute approximate surface area is 143 Å². The SMILES string of the molecule is COC(=O)[C@@H]1C[C@@H](O)CN1CC(=O)c1cc(C)n(CC(F)(F)F)c1C. The summed E-state index contributed by atoms with van der Waals surface area (Å²) < 4.78 is 43.7. The highest BCUT2D eigenvalue weighted by molar-refractivity contribution is 5.99. The van der Waals surface area contributed by atoms with E-state index in [1.54, 1.807) is 0 Å². The molecule has 1 aromatic rings. The van der Waals surface area contributed by atoms with E-state index in [1.807, 2.05) is 0 Å². The van der Waals surface area contributed by atoms with E-state index < -0.39 is 36.6 Å². The molecule has 1 fully saturated rings. The van der Waals surface area contributed by atoms with Gasteiger partial charge in [0.05, 0.1) is 19.8 Å². The lowest BCUT2D eigenvalue weighted by Crippen LogP contribution is -2.40. The van der Waals surface area contributed by atoms with Gasteiger partial charge < -0.3 is 14.4 Å². The number of esters is 1. The average molecular weight is 362 g/mol. The monoisotopic (exact) mass is 362 g/mol. The van der Waals surface area contributed by atoms with Gasteiger partial charge in [0.2, 0.25) is 0 Å². The summed E-state index contributed by atoms with van der Waals surface area (Å²) in [6.07, 6.45) is -4.98. The number of alkyl halides is 3. The number of nitrogens with zero attached hydrogens (tertiary/aromatic N) is 2. The number of aliphatic hydroxyl groups is 1. The molecule has 2 heterocycles. The van der Waals surface area contributed by atoms with E-state index in [0.717, 1.165) is 4.57 Å². The second kappa shape index (κ2) is 7.17. The first kappa shape index (κ1) is 19.5. The minimum Gasteiger partial charge on any atom is -0.468 e. The quantitative estimate of drug-likeness (QED) is 0.634. The Morgan fingerprint density at radius 3 is 2.56 bits per heavy atom. The molecule has 0 aromatic carbocycles. The Balaban J connectivity index is 2.18. The van der Waals surface area contributed by atoms with Crippen LogP contribution in [0.5, 0.6) is 0 Å². The lowest BCUT2D eigenvalue weighted by atomic mass is 10.1. The number of methoxy groups -OCH3 is 1. The molecule has 0 saturated carbocycles. The average Bonchev–Trinajstić information content (AvgIpc) is 2.99. The number of ether oxygens (including phenoxy) is 1. The number of aryl methyl sites for hydroxylation is 1. The zero-order valence-electron chi connectivity index (χ0n) is 14.3. The van der Waals surface area contributed by atoms with Gasteiger partial charge in [0.15, 0.2) is 5.78 Å². The maximum Gasteiger partial charge on any atom is 0.406 e. The molecule has 1 aliphatic rings. The van der Waals surface area contributed by atoms with Crippen LogP contribution < -0.4 is 0 Å². The standard InChI is InChI=1S/C16H21F3N2O4/c1-9-4-12(10(2)21(9)8-16(17,18)19)14(23)7-20-6-11(22)5-13(20)15(24)25-3/h4,11,13,22H,5-8H2,1-3H3/t11-,13+/m1/s1. The predicted octanol–water partition coefficient (Wildman–Crippen LogP) is 1.46. The summed E-state index contributed by atoms with van der Waals surface area (Å²) in [4.78, 5) is 25.8. The van der Waals surface area contributed by atoms with E-state index in [2.05, 4.69) is 4.74 Å². The van der Waals surface area contributed by atoms with Crippen molar-refractivity contribution in [1.29, 1.82) is 0 Å². The van der Waals surface area contributed by atoms with E-state index in [4.69, 9.17) is 0 Å². The number of rotatable bonds is 5. The zero-order valence-corrected chi connectivity index (χ0v) is 14.3. The van der Waals surface area contributed by atoms with Gasteiger partial charge in [-0.15, -0.1) is 0 Å². The first-order valence-corrected chi connectivity index (χ1v) is 7.80. The molecular formula is C16H21F3N2O4. The van der Waals surface area contributed by atoms with Crippen molar-refractivity contribution < 1.29 is 32.6 Å². The second-order valence-electron chi connectivity index (χ2n) is 6.27. The van der Waals surface area contributed by atoms with Crippen molar-refractivity contribution in [3.05, 3.63) is 23.0 Å². The van der Waals surface area contributed by atoms with Gasteiger partial charge in [0.25, 0.3) is 0 Å². The number of hydrogen-bond donors (Lipinski definition) is 1. The number of likely N-dealkylation sites (tertiary alicyclic amines) is 1. The summed E-state index contributed by atoms with van der Waals surface area (Å²) in [5, 5.41) is 9.74.